The molecule has 142 valence electrons. The molecule has 1 aliphatic heterocycles. The summed E-state index contributed by atoms with van der Waals surface area (Å²) in [7, 11) is 0. The SMILES string of the molecule is O=C1[C@@H]2C3c4ccccc4C(c4ccccc43)[C@@H]2C(=O)N1c1ccc(Cl)cc1Cl. The maximum Gasteiger partial charge on any atom is 0.238 e. The predicted octanol–water partition coefficient (Wildman–Crippen LogP) is 5.39. The molecule has 2 amide bonds. The van der Waals surface area contributed by atoms with Gasteiger partial charge >= 0.3 is 0 Å². The van der Waals surface area contributed by atoms with E-state index in [-0.39, 0.29) is 23.7 Å². The van der Waals surface area contributed by atoms with Crippen LogP contribution in [0.3, 0.4) is 0 Å². The molecule has 1 saturated heterocycles. The second-order valence-corrected chi connectivity index (χ2v) is 8.72. The summed E-state index contributed by atoms with van der Waals surface area (Å²) in [6.45, 7) is 0. The van der Waals surface area contributed by atoms with Crippen LogP contribution in [0.5, 0.6) is 0 Å². The van der Waals surface area contributed by atoms with Crippen molar-refractivity contribution in [3.05, 3.63) is 99.0 Å². The van der Waals surface area contributed by atoms with Gasteiger partial charge in [-0.2, -0.15) is 0 Å². The lowest BCUT2D eigenvalue weighted by molar-refractivity contribution is -0.122. The molecule has 5 heteroatoms. The quantitative estimate of drug-likeness (QED) is 0.495. The fourth-order valence-electron chi connectivity index (χ4n) is 5.58. The van der Waals surface area contributed by atoms with Crippen molar-refractivity contribution in [2.45, 2.75) is 11.8 Å². The Kier molecular flexibility index (Phi) is 3.54. The Morgan fingerprint density at radius 2 is 1.10 bits per heavy atom. The van der Waals surface area contributed by atoms with Gasteiger partial charge in [-0.05, 0) is 40.5 Å². The Labute approximate surface area is 177 Å². The Morgan fingerprint density at radius 3 is 1.52 bits per heavy atom. The van der Waals surface area contributed by atoms with Crippen molar-refractivity contribution in [3.63, 3.8) is 0 Å². The third-order valence-corrected chi connectivity index (χ3v) is 7.14. The first-order valence-corrected chi connectivity index (χ1v) is 10.3. The number of rotatable bonds is 1. The number of nitrogens with zero attached hydrogens (tertiary/aromatic N) is 1. The van der Waals surface area contributed by atoms with Gasteiger partial charge in [-0.1, -0.05) is 71.7 Å². The predicted molar refractivity (Wildman–Crippen MR) is 113 cm³/mol. The molecule has 0 aromatic heterocycles. The van der Waals surface area contributed by atoms with Gasteiger partial charge in [0.15, 0.2) is 0 Å². The van der Waals surface area contributed by atoms with Gasteiger partial charge in [-0.3, -0.25) is 9.59 Å². The second kappa shape index (κ2) is 5.94. The Balaban J connectivity index is 1.57. The highest BCUT2D eigenvalue weighted by atomic mass is 35.5. The lowest BCUT2D eigenvalue weighted by Gasteiger charge is -2.45. The topological polar surface area (TPSA) is 37.4 Å². The van der Waals surface area contributed by atoms with E-state index >= 15 is 0 Å². The lowest BCUT2D eigenvalue weighted by atomic mass is 9.55. The first-order chi connectivity index (χ1) is 14.1. The molecule has 0 spiro atoms. The van der Waals surface area contributed by atoms with E-state index in [1.165, 1.54) is 4.90 Å². The van der Waals surface area contributed by atoms with Crippen molar-refractivity contribution in [2.75, 3.05) is 4.90 Å². The maximum atomic E-state index is 13.6. The number of imide groups is 1. The van der Waals surface area contributed by atoms with E-state index in [2.05, 4.69) is 24.3 Å². The van der Waals surface area contributed by atoms with Gasteiger partial charge < -0.3 is 0 Å². The van der Waals surface area contributed by atoms with Crippen molar-refractivity contribution in [1.29, 1.82) is 0 Å². The molecule has 2 atom stereocenters. The van der Waals surface area contributed by atoms with Crippen LogP contribution < -0.4 is 4.90 Å². The van der Waals surface area contributed by atoms with Crippen LogP contribution in [-0.2, 0) is 9.59 Å². The average Bonchev–Trinajstić information content (AvgIpc) is 2.99. The average molecular weight is 420 g/mol. The number of hydrogen-bond donors (Lipinski definition) is 0. The van der Waals surface area contributed by atoms with Gasteiger partial charge in [0, 0.05) is 16.9 Å². The fourth-order valence-corrected chi connectivity index (χ4v) is 6.07. The monoisotopic (exact) mass is 419 g/mol. The molecule has 29 heavy (non-hydrogen) atoms. The summed E-state index contributed by atoms with van der Waals surface area (Å²) in [6.07, 6.45) is 0. The zero-order valence-electron chi connectivity index (χ0n) is 15.2. The molecule has 3 nitrogen and oxygen atoms in total. The van der Waals surface area contributed by atoms with Gasteiger partial charge in [-0.25, -0.2) is 4.90 Å². The molecule has 3 aromatic rings. The highest BCUT2D eigenvalue weighted by Gasteiger charge is 2.61. The summed E-state index contributed by atoms with van der Waals surface area (Å²) in [4.78, 5) is 28.5. The van der Waals surface area contributed by atoms with Crippen LogP contribution in [0.2, 0.25) is 10.0 Å². The summed E-state index contributed by atoms with van der Waals surface area (Å²) >= 11 is 12.4. The van der Waals surface area contributed by atoms with E-state index in [1.54, 1.807) is 18.2 Å². The summed E-state index contributed by atoms with van der Waals surface area (Å²) in [6, 6.07) is 21.3. The van der Waals surface area contributed by atoms with Gasteiger partial charge in [0.1, 0.15) is 0 Å². The van der Waals surface area contributed by atoms with E-state index in [4.69, 9.17) is 23.2 Å². The van der Waals surface area contributed by atoms with Crippen molar-refractivity contribution >= 4 is 40.7 Å². The van der Waals surface area contributed by atoms with Gasteiger partial charge in [0.05, 0.1) is 22.5 Å². The lowest BCUT2D eigenvalue weighted by Crippen LogP contribution is -2.41. The van der Waals surface area contributed by atoms with E-state index in [0.29, 0.717) is 15.7 Å². The first kappa shape index (κ1) is 17.3. The van der Waals surface area contributed by atoms with E-state index in [9.17, 15) is 9.59 Å². The van der Waals surface area contributed by atoms with E-state index in [1.807, 2.05) is 24.3 Å². The zero-order valence-corrected chi connectivity index (χ0v) is 16.7. The minimum atomic E-state index is -0.413. The van der Waals surface area contributed by atoms with Crippen LogP contribution in [0, 0.1) is 11.8 Å². The summed E-state index contributed by atoms with van der Waals surface area (Å²) in [5.74, 6) is -1.42. The van der Waals surface area contributed by atoms with Crippen molar-refractivity contribution < 1.29 is 9.59 Å². The normalized spacial score (nSPS) is 26.3. The Morgan fingerprint density at radius 1 is 0.655 bits per heavy atom. The largest absolute Gasteiger partial charge is 0.274 e. The van der Waals surface area contributed by atoms with Gasteiger partial charge in [0.25, 0.3) is 0 Å². The molecule has 1 fully saturated rings. The van der Waals surface area contributed by atoms with Crippen LogP contribution in [0.15, 0.2) is 66.7 Å². The second-order valence-electron chi connectivity index (χ2n) is 7.87. The number of benzene rings is 3. The van der Waals surface area contributed by atoms with Gasteiger partial charge in [0.2, 0.25) is 11.8 Å². The molecule has 2 bridgehead atoms. The summed E-state index contributed by atoms with van der Waals surface area (Å²) in [5, 5.41) is 0.773. The van der Waals surface area contributed by atoms with Crippen LogP contribution in [-0.4, -0.2) is 11.8 Å². The van der Waals surface area contributed by atoms with Crippen molar-refractivity contribution in [2.24, 2.45) is 11.8 Å². The number of amides is 2. The number of carbonyl (C=O) groups excluding carboxylic acids is 2. The smallest absolute Gasteiger partial charge is 0.238 e. The minimum Gasteiger partial charge on any atom is -0.274 e. The Bertz CT molecular complexity index is 1110. The molecular weight excluding hydrogens is 405 g/mol. The van der Waals surface area contributed by atoms with Crippen molar-refractivity contribution in [3.8, 4) is 0 Å². The molecule has 4 aliphatic rings. The molecular formula is C24H15Cl2NO2. The molecule has 0 radical (unpaired) electrons. The minimum absolute atomic E-state index is 0.120. The maximum absolute atomic E-state index is 13.6. The van der Waals surface area contributed by atoms with Gasteiger partial charge in [-0.15, -0.1) is 0 Å². The van der Waals surface area contributed by atoms with E-state index in [0.717, 1.165) is 22.3 Å². The number of hydrogen-bond acceptors (Lipinski definition) is 2. The Hall–Kier alpha value is -2.62. The molecule has 0 unspecified atom stereocenters. The van der Waals surface area contributed by atoms with Crippen molar-refractivity contribution in [1.82, 2.24) is 0 Å². The van der Waals surface area contributed by atoms with Crippen LogP contribution in [0.25, 0.3) is 0 Å². The van der Waals surface area contributed by atoms with Crippen LogP contribution >= 0.6 is 23.2 Å². The number of anilines is 1. The van der Waals surface area contributed by atoms with E-state index < -0.39 is 11.8 Å². The van der Waals surface area contributed by atoms with Crippen LogP contribution in [0.4, 0.5) is 5.69 Å². The third-order valence-electron chi connectivity index (χ3n) is 6.60. The summed E-state index contributed by atoms with van der Waals surface area (Å²) < 4.78 is 0. The first-order valence-electron chi connectivity index (χ1n) is 9.58. The number of halogens is 2. The summed E-state index contributed by atoms with van der Waals surface area (Å²) in [5.41, 5.74) is 5.03. The highest BCUT2D eigenvalue weighted by Crippen LogP contribution is 2.61. The molecule has 3 aliphatic carbocycles. The molecule has 7 rings (SSSR count). The highest BCUT2D eigenvalue weighted by molar-refractivity contribution is 6.38. The molecule has 0 saturated carbocycles. The third kappa shape index (κ3) is 2.15. The molecule has 0 N–H and O–H groups in total. The number of carbonyl (C=O) groups is 2. The molecule has 3 aromatic carbocycles. The zero-order chi connectivity index (χ0) is 19.9. The standard InChI is InChI=1S/C24H15Cl2NO2/c25-12-9-10-18(17(26)11-12)27-23(28)21-19-13-5-1-2-6-14(13)20(22(21)24(27)29)16-8-4-3-7-15(16)19/h1-11,19-22H/t19?,20?,21-,22+. The molecule has 1 heterocycles. The van der Waals surface area contributed by atoms with Crippen LogP contribution in [0.1, 0.15) is 34.1 Å². The fraction of sp³-hybridized carbons (Fsp3) is 0.167.